The Morgan fingerprint density at radius 3 is 2.75 bits per heavy atom. The van der Waals surface area contributed by atoms with Crippen molar-refractivity contribution >= 4 is 22.9 Å². The van der Waals surface area contributed by atoms with Crippen LogP contribution >= 0.6 is 12.2 Å². The highest BCUT2D eigenvalue weighted by Gasteiger charge is 2.64. The van der Waals surface area contributed by atoms with Crippen LogP contribution in [0.3, 0.4) is 0 Å². The summed E-state index contributed by atoms with van der Waals surface area (Å²) in [4.78, 5) is 4.47. The molecule has 1 fully saturated rings. The number of hydrogen-bond donors (Lipinski definition) is 2. The zero-order valence-electron chi connectivity index (χ0n) is 17.9. The molecule has 0 bridgehead atoms. The Kier molecular flexibility index (Phi) is 5.42. The number of anilines is 1. The Morgan fingerprint density at radius 2 is 2.03 bits per heavy atom. The number of alkyl halides is 2. The number of nitriles is 1. The van der Waals surface area contributed by atoms with E-state index in [4.69, 9.17) is 22.2 Å². The van der Waals surface area contributed by atoms with Gasteiger partial charge in [-0.1, -0.05) is 12.2 Å². The van der Waals surface area contributed by atoms with Crippen LogP contribution in [-0.2, 0) is 16.7 Å². The van der Waals surface area contributed by atoms with Gasteiger partial charge in [-0.15, -0.1) is 0 Å². The summed E-state index contributed by atoms with van der Waals surface area (Å²) in [5.41, 5.74) is -1.47. The third-order valence-electron chi connectivity index (χ3n) is 6.35. The smallest absolute Gasteiger partial charge is 0.302 e. The molecule has 32 heavy (non-hydrogen) atoms. The molecule has 1 aromatic carbocycles. The average Bonchev–Trinajstić information content (AvgIpc) is 3.12. The number of ether oxygens (including phenoxy) is 1. The highest BCUT2D eigenvalue weighted by Crippen LogP contribution is 2.48. The van der Waals surface area contributed by atoms with Gasteiger partial charge in [-0.05, 0) is 63.4 Å². The summed E-state index contributed by atoms with van der Waals surface area (Å²) in [5, 5.41) is 15.0. The van der Waals surface area contributed by atoms with Crippen LogP contribution in [-0.4, -0.2) is 28.1 Å². The lowest BCUT2D eigenvalue weighted by Gasteiger charge is -2.44. The first kappa shape index (κ1) is 22.5. The van der Waals surface area contributed by atoms with Gasteiger partial charge < -0.3 is 15.4 Å². The van der Waals surface area contributed by atoms with Gasteiger partial charge in [0.1, 0.15) is 28.0 Å². The van der Waals surface area contributed by atoms with Crippen molar-refractivity contribution in [2.24, 2.45) is 0 Å². The molecule has 0 unspecified atom stereocenters. The number of thiocarbonyl (C=S) groups is 1. The third-order valence-corrected chi connectivity index (χ3v) is 6.57. The van der Waals surface area contributed by atoms with E-state index in [0.29, 0.717) is 11.3 Å². The van der Waals surface area contributed by atoms with E-state index in [-0.39, 0.29) is 23.2 Å². The molecule has 2 aliphatic rings. The highest BCUT2D eigenvalue weighted by molar-refractivity contribution is 7.80. The summed E-state index contributed by atoms with van der Waals surface area (Å²) in [5.74, 6) is -4.26. The quantitative estimate of drug-likeness (QED) is 0.644. The average molecular weight is 461 g/mol. The predicted molar refractivity (Wildman–Crippen MR) is 118 cm³/mol. The van der Waals surface area contributed by atoms with Gasteiger partial charge in [0.25, 0.3) is 0 Å². The van der Waals surface area contributed by atoms with Crippen LogP contribution < -0.4 is 10.6 Å². The second-order valence-corrected chi connectivity index (χ2v) is 9.35. The molecule has 168 valence electrons. The number of aryl methyl sites for hydroxylation is 1. The maximum Gasteiger partial charge on any atom is 0.302 e. The molecule has 1 saturated heterocycles. The Morgan fingerprint density at radius 1 is 1.28 bits per heavy atom. The van der Waals surface area contributed by atoms with Crippen LogP contribution in [0.15, 0.2) is 30.5 Å². The molecule has 0 spiro atoms. The number of nitrogens with one attached hydrogen (secondary N) is 2. The Balaban J connectivity index is 1.71. The molecule has 2 aromatic rings. The summed E-state index contributed by atoms with van der Waals surface area (Å²) in [6.45, 7) is 3.62. The van der Waals surface area contributed by atoms with E-state index in [9.17, 15) is 4.39 Å². The first-order valence-corrected chi connectivity index (χ1v) is 10.7. The number of aromatic nitrogens is 1. The minimum absolute atomic E-state index is 0.0812. The second-order valence-electron chi connectivity index (χ2n) is 8.86. The van der Waals surface area contributed by atoms with Crippen LogP contribution in [0, 0.1) is 17.1 Å². The molecular weight excluding hydrogens is 437 g/mol. The summed E-state index contributed by atoms with van der Waals surface area (Å²) in [6.07, 6.45) is 2.97. The number of halogens is 3. The van der Waals surface area contributed by atoms with Crippen molar-refractivity contribution in [1.82, 2.24) is 10.3 Å². The molecule has 2 atom stereocenters. The van der Waals surface area contributed by atoms with E-state index >= 15 is 8.78 Å². The fraction of sp³-hybridized carbons (Fsp3) is 0.435. The van der Waals surface area contributed by atoms with Crippen molar-refractivity contribution in [2.75, 3.05) is 11.9 Å². The van der Waals surface area contributed by atoms with Gasteiger partial charge in [-0.3, -0.25) is 4.98 Å². The van der Waals surface area contributed by atoms with Crippen LogP contribution in [0.2, 0.25) is 0 Å². The maximum atomic E-state index is 15.7. The lowest BCUT2D eigenvalue weighted by Crippen LogP contribution is -2.62. The van der Waals surface area contributed by atoms with E-state index in [1.807, 2.05) is 0 Å². The van der Waals surface area contributed by atoms with E-state index in [0.717, 1.165) is 24.1 Å². The maximum absolute atomic E-state index is 15.7. The molecule has 1 aromatic heterocycles. The van der Waals surface area contributed by atoms with Gasteiger partial charge in [0.05, 0.1) is 23.9 Å². The lowest BCUT2D eigenvalue weighted by molar-refractivity contribution is -0.216. The van der Waals surface area contributed by atoms with Crippen LogP contribution in [0.5, 0.6) is 0 Å². The van der Waals surface area contributed by atoms with Crippen molar-refractivity contribution in [1.29, 1.82) is 5.26 Å². The Bertz CT molecular complexity index is 1130. The molecule has 1 aliphatic carbocycles. The molecular formula is C23H23F3N4OS. The second kappa shape index (κ2) is 7.71. The van der Waals surface area contributed by atoms with Crippen LogP contribution in [0.4, 0.5) is 18.9 Å². The molecule has 0 radical (unpaired) electrons. The summed E-state index contributed by atoms with van der Waals surface area (Å²) >= 11 is 5.16. The standard InChI is InChI=1S/C23H23F3N4OS/c1-21(2)23(25,26)22(3,30-19(32)12-31-21)16-9-15(5-6-17(16)24)29-18-7-4-14-8-13(10-27)11-28-20(14)18/h5-6,8-9,11,18,29H,4,7,12H2,1-3H3,(H,30,32)/t18-,22+/m0/s1. The third kappa shape index (κ3) is 3.51. The number of nitrogens with zero attached hydrogens (tertiary/aromatic N) is 2. The van der Waals surface area contributed by atoms with Gasteiger partial charge in [0, 0.05) is 17.4 Å². The number of benzene rings is 1. The fourth-order valence-electron chi connectivity index (χ4n) is 4.44. The van der Waals surface area contributed by atoms with Crippen LogP contribution in [0.1, 0.15) is 55.6 Å². The lowest BCUT2D eigenvalue weighted by atomic mass is 9.77. The van der Waals surface area contributed by atoms with E-state index in [2.05, 4.69) is 21.7 Å². The SMILES string of the molecule is CC1(C)OCC(=S)N[C@](C)(c2cc(N[C@H]3CCc4cc(C#N)cnc43)ccc2F)C1(F)F. The van der Waals surface area contributed by atoms with Crippen molar-refractivity contribution in [2.45, 2.75) is 56.7 Å². The molecule has 5 nitrogen and oxygen atoms in total. The van der Waals surface area contributed by atoms with Gasteiger partial charge in [0.15, 0.2) is 0 Å². The minimum atomic E-state index is -3.49. The highest BCUT2D eigenvalue weighted by atomic mass is 32.1. The minimum Gasteiger partial charge on any atom is -0.377 e. The van der Waals surface area contributed by atoms with E-state index in [1.165, 1.54) is 45.2 Å². The van der Waals surface area contributed by atoms with Gasteiger partial charge in [-0.25, -0.2) is 13.2 Å². The zero-order chi connectivity index (χ0) is 23.3. The number of pyridine rings is 1. The molecule has 1 aliphatic heterocycles. The number of rotatable bonds is 3. The molecule has 4 rings (SSSR count). The molecule has 2 N–H and O–H groups in total. The van der Waals surface area contributed by atoms with Gasteiger partial charge in [0.2, 0.25) is 0 Å². The summed E-state index contributed by atoms with van der Waals surface area (Å²) in [7, 11) is 0. The predicted octanol–water partition coefficient (Wildman–Crippen LogP) is 4.77. The van der Waals surface area contributed by atoms with Crippen LogP contribution in [0.25, 0.3) is 0 Å². The molecule has 2 heterocycles. The van der Waals surface area contributed by atoms with Crippen molar-refractivity contribution in [3.63, 3.8) is 0 Å². The molecule has 0 saturated carbocycles. The summed E-state index contributed by atoms with van der Waals surface area (Å²) < 4.78 is 51.6. The topological polar surface area (TPSA) is 70.0 Å². The summed E-state index contributed by atoms with van der Waals surface area (Å²) in [6, 6.07) is 7.78. The van der Waals surface area contributed by atoms with Crippen molar-refractivity contribution in [3.8, 4) is 6.07 Å². The van der Waals surface area contributed by atoms with Gasteiger partial charge in [-0.2, -0.15) is 5.26 Å². The van der Waals surface area contributed by atoms with Gasteiger partial charge >= 0.3 is 5.92 Å². The largest absolute Gasteiger partial charge is 0.377 e. The molecule has 0 amide bonds. The zero-order valence-corrected chi connectivity index (χ0v) is 18.7. The monoisotopic (exact) mass is 460 g/mol. The molecule has 9 heteroatoms. The van der Waals surface area contributed by atoms with E-state index < -0.39 is 22.9 Å². The normalized spacial score (nSPS) is 25.9. The number of fused-ring (bicyclic) bond motifs is 1. The van der Waals surface area contributed by atoms with Crippen molar-refractivity contribution in [3.05, 3.63) is 58.7 Å². The fourth-order valence-corrected chi connectivity index (χ4v) is 4.70. The van der Waals surface area contributed by atoms with Crippen molar-refractivity contribution < 1.29 is 17.9 Å². The first-order valence-electron chi connectivity index (χ1n) is 10.3. The Hall–Kier alpha value is -2.70. The Labute approximate surface area is 190 Å². The van der Waals surface area contributed by atoms with E-state index in [1.54, 1.807) is 6.07 Å². The number of hydrogen-bond acceptors (Lipinski definition) is 5. The first-order chi connectivity index (χ1) is 15.0.